The van der Waals surface area contributed by atoms with Crippen LogP contribution < -0.4 is 5.73 Å². The van der Waals surface area contributed by atoms with E-state index in [2.05, 4.69) is 16.7 Å². The molecular formula is C19H37Cl2N3O. The predicted molar refractivity (Wildman–Crippen MR) is 109 cm³/mol. The van der Waals surface area contributed by atoms with Gasteiger partial charge in [0.1, 0.15) is 0 Å². The van der Waals surface area contributed by atoms with E-state index in [1.54, 1.807) is 0 Å². The van der Waals surface area contributed by atoms with Gasteiger partial charge in [-0.3, -0.25) is 4.79 Å². The zero-order chi connectivity index (χ0) is 16.2. The number of hydrogen-bond acceptors (Lipinski definition) is 3. The van der Waals surface area contributed by atoms with E-state index in [0.717, 1.165) is 32.0 Å². The first-order valence-corrected chi connectivity index (χ1v) is 9.92. The third-order valence-corrected chi connectivity index (χ3v) is 6.54. The second-order valence-corrected chi connectivity index (χ2v) is 8.17. The van der Waals surface area contributed by atoms with Crippen molar-refractivity contribution in [3.63, 3.8) is 0 Å². The Bertz CT molecular complexity index is 410. The highest BCUT2D eigenvalue weighted by Gasteiger charge is 2.36. The Labute approximate surface area is 166 Å². The molecule has 2 heterocycles. The van der Waals surface area contributed by atoms with Crippen LogP contribution >= 0.6 is 24.8 Å². The molecule has 6 heteroatoms. The zero-order valence-corrected chi connectivity index (χ0v) is 17.3. The number of rotatable bonds is 4. The molecule has 2 unspecified atom stereocenters. The Kier molecular flexibility index (Phi) is 10.1. The average Bonchev–Trinajstić information content (AvgIpc) is 3.05. The Morgan fingerprint density at radius 1 is 1.00 bits per heavy atom. The largest absolute Gasteiger partial charge is 0.342 e. The minimum absolute atomic E-state index is 0. The van der Waals surface area contributed by atoms with Crippen molar-refractivity contribution in [2.75, 3.05) is 32.7 Å². The molecule has 25 heavy (non-hydrogen) atoms. The van der Waals surface area contributed by atoms with E-state index in [1.807, 2.05) is 0 Å². The molecule has 2 saturated heterocycles. The van der Waals surface area contributed by atoms with Gasteiger partial charge in [-0.15, -0.1) is 24.8 Å². The molecule has 4 nitrogen and oxygen atoms in total. The maximum absolute atomic E-state index is 12.9. The van der Waals surface area contributed by atoms with Crippen LogP contribution in [0.25, 0.3) is 0 Å². The molecule has 0 bridgehead atoms. The lowest BCUT2D eigenvalue weighted by Crippen LogP contribution is -2.48. The van der Waals surface area contributed by atoms with E-state index in [-0.39, 0.29) is 30.7 Å². The lowest BCUT2D eigenvalue weighted by Gasteiger charge is -2.40. The predicted octanol–water partition coefficient (Wildman–Crippen LogP) is 3.32. The van der Waals surface area contributed by atoms with E-state index >= 15 is 0 Å². The summed E-state index contributed by atoms with van der Waals surface area (Å²) in [7, 11) is 0. The highest BCUT2D eigenvalue weighted by molar-refractivity contribution is 5.85. The van der Waals surface area contributed by atoms with E-state index < -0.39 is 0 Å². The van der Waals surface area contributed by atoms with Gasteiger partial charge in [0.05, 0.1) is 0 Å². The zero-order valence-electron chi connectivity index (χ0n) is 15.7. The molecule has 3 fully saturated rings. The first kappa shape index (κ1) is 23.0. The summed E-state index contributed by atoms with van der Waals surface area (Å²) in [5.74, 6) is 1.73. The fraction of sp³-hybridized carbons (Fsp3) is 0.947. The van der Waals surface area contributed by atoms with Gasteiger partial charge in [0, 0.05) is 31.6 Å². The molecule has 1 aliphatic carbocycles. The second-order valence-electron chi connectivity index (χ2n) is 8.17. The van der Waals surface area contributed by atoms with Crippen molar-refractivity contribution in [3.8, 4) is 0 Å². The third kappa shape index (κ3) is 5.72. The molecule has 148 valence electrons. The number of amides is 1. The molecule has 0 aromatic heterocycles. The molecule has 3 rings (SSSR count). The Morgan fingerprint density at radius 3 is 2.52 bits per heavy atom. The SMILES string of the molecule is CC1CCCCN1CC1CCCN(C(=O)[C@@H]2CCC[C@@H]2CN)C1.Cl.Cl. The van der Waals surface area contributed by atoms with Crippen molar-refractivity contribution < 1.29 is 4.79 Å². The van der Waals surface area contributed by atoms with Crippen molar-refractivity contribution in [1.82, 2.24) is 9.80 Å². The Hall–Kier alpha value is -0.0300. The van der Waals surface area contributed by atoms with Crippen LogP contribution in [-0.2, 0) is 4.79 Å². The molecular weight excluding hydrogens is 357 g/mol. The second kappa shape index (κ2) is 11.0. The number of piperidine rings is 2. The van der Waals surface area contributed by atoms with Gasteiger partial charge in [0.25, 0.3) is 0 Å². The van der Waals surface area contributed by atoms with Crippen LogP contribution in [0.5, 0.6) is 0 Å². The Balaban J connectivity index is 0.00000156. The van der Waals surface area contributed by atoms with Crippen molar-refractivity contribution in [2.24, 2.45) is 23.5 Å². The Morgan fingerprint density at radius 2 is 1.80 bits per heavy atom. The van der Waals surface area contributed by atoms with Crippen LogP contribution in [0.4, 0.5) is 0 Å². The van der Waals surface area contributed by atoms with Crippen LogP contribution in [0.3, 0.4) is 0 Å². The molecule has 0 aromatic carbocycles. The normalized spacial score (nSPS) is 33.4. The minimum atomic E-state index is 0. The maximum Gasteiger partial charge on any atom is 0.226 e. The van der Waals surface area contributed by atoms with Gasteiger partial charge >= 0.3 is 0 Å². The fourth-order valence-corrected chi connectivity index (χ4v) is 5.05. The van der Waals surface area contributed by atoms with Gasteiger partial charge in [-0.05, 0) is 70.4 Å². The van der Waals surface area contributed by atoms with Gasteiger partial charge in [-0.1, -0.05) is 12.8 Å². The average molecular weight is 394 g/mol. The molecule has 0 radical (unpaired) electrons. The molecule has 1 amide bonds. The summed E-state index contributed by atoms with van der Waals surface area (Å²) in [6.45, 7) is 7.45. The number of hydrogen-bond donors (Lipinski definition) is 1. The summed E-state index contributed by atoms with van der Waals surface area (Å²) >= 11 is 0. The van der Waals surface area contributed by atoms with Crippen molar-refractivity contribution in [2.45, 2.75) is 64.3 Å². The summed E-state index contributed by atoms with van der Waals surface area (Å²) < 4.78 is 0. The highest BCUT2D eigenvalue weighted by atomic mass is 35.5. The van der Waals surface area contributed by atoms with Gasteiger partial charge in [-0.2, -0.15) is 0 Å². The van der Waals surface area contributed by atoms with Crippen LogP contribution in [0.2, 0.25) is 0 Å². The van der Waals surface area contributed by atoms with Crippen molar-refractivity contribution in [1.29, 1.82) is 0 Å². The lowest BCUT2D eigenvalue weighted by molar-refractivity contribution is -0.138. The smallest absolute Gasteiger partial charge is 0.226 e. The molecule has 0 aromatic rings. The van der Waals surface area contributed by atoms with Crippen molar-refractivity contribution >= 4 is 30.7 Å². The quantitative estimate of drug-likeness (QED) is 0.796. The standard InChI is InChI=1S/C19H35N3O.2ClH/c1-15-6-2-3-10-21(15)13-16-7-5-11-22(14-16)19(23)18-9-4-8-17(18)12-20;;/h15-18H,2-14,20H2,1H3;2*1H/t15?,16?,17-,18-;;/m1../s1. The molecule has 2 aliphatic heterocycles. The number of halogens is 2. The van der Waals surface area contributed by atoms with Crippen LogP contribution in [-0.4, -0.2) is 54.5 Å². The fourth-order valence-electron chi connectivity index (χ4n) is 5.05. The van der Waals surface area contributed by atoms with Gasteiger partial charge in [0.2, 0.25) is 5.91 Å². The van der Waals surface area contributed by atoms with Crippen LogP contribution in [0.15, 0.2) is 0 Å². The van der Waals surface area contributed by atoms with Gasteiger partial charge < -0.3 is 15.5 Å². The summed E-state index contributed by atoms with van der Waals surface area (Å²) in [6, 6.07) is 0.728. The number of likely N-dealkylation sites (tertiary alicyclic amines) is 2. The number of carbonyl (C=O) groups is 1. The third-order valence-electron chi connectivity index (χ3n) is 6.54. The summed E-state index contributed by atoms with van der Waals surface area (Å²) in [5.41, 5.74) is 5.88. The molecule has 4 atom stereocenters. The first-order valence-electron chi connectivity index (χ1n) is 9.92. The molecule has 3 aliphatic rings. The molecule has 2 N–H and O–H groups in total. The number of nitrogens with zero attached hydrogens (tertiary/aromatic N) is 2. The van der Waals surface area contributed by atoms with E-state index in [4.69, 9.17) is 5.73 Å². The van der Waals surface area contributed by atoms with E-state index in [1.165, 1.54) is 51.6 Å². The highest BCUT2D eigenvalue weighted by Crippen LogP contribution is 2.33. The number of nitrogens with two attached hydrogens (primary N) is 1. The van der Waals surface area contributed by atoms with Gasteiger partial charge in [-0.25, -0.2) is 0 Å². The summed E-state index contributed by atoms with van der Waals surface area (Å²) in [4.78, 5) is 17.8. The first-order chi connectivity index (χ1) is 11.2. The molecule has 0 spiro atoms. The summed E-state index contributed by atoms with van der Waals surface area (Å²) in [6.07, 6.45) is 9.93. The monoisotopic (exact) mass is 393 g/mol. The van der Waals surface area contributed by atoms with E-state index in [0.29, 0.717) is 24.3 Å². The minimum Gasteiger partial charge on any atom is -0.342 e. The molecule has 1 saturated carbocycles. The van der Waals surface area contributed by atoms with E-state index in [9.17, 15) is 4.79 Å². The van der Waals surface area contributed by atoms with Crippen molar-refractivity contribution in [3.05, 3.63) is 0 Å². The van der Waals surface area contributed by atoms with Crippen LogP contribution in [0.1, 0.15) is 58.3 Å². The number of carbonyl (C=O) groups excluding carboxylic acids is 1. The topological polar surface area (TPSA) is 49.6 Å². The lowest BCUT2D eigenvalue weighted by atomic mass is 9.91. The maximum atomic E-state index is 12.9. The van der Waals surface area contributed by atoms with Gasteiger partial charge in [0.15, 0.2) is 0 Å². The van der Waals surface area contributed by atoms with Crippen LogP contribution in [0, 0.1) is 17.8 Å². The summed E-state index contributed by atoms with van der Waals surface area (Å²) in [5, 5.41) is 0.